The van der Waals surface area contributed by atoms with E-state index in [-0.39, 0.29) is 12.3 Å². The topological polar surface area (TPSA) is 68.1 Å². The maximum atomic E-state index is 11.3. The zero-order valence-electron chi connectivity index (χ0n) is 17.9. The number of hydrogen-bond donors (Lipinski definition) is 1. The molecule has 0 radical (unpaired) electrons. The average molecular weight is 402 g/mol. The number of nitrogens with zero attached hydrogens (tertiary/aromatic N) is 1. The van der Waals surface area contributed by atoms with Crippen LogP contribution >= 0.6 is 0 Å². The highest BCUT2D eigenvalue weighted by atomic mass is 16.5. The third-order valence-corrected chi connectivity index (χ3v) is 6.83. The number of benzene rings is 1. The van der Waals surface area contributed by atoms with E-state index in [2.05, 4.69) is 4.99 Å². The van der Waals surface area contributed by atoms with Crippen LogP contribution in [0.15, 0.2) is 29.3 Å². The number of carboxylic acids is 1. The molecular formula is C24H35NO4. The Balaban J connectivity index is 1.59. The smallest absolute Gasteiger partial charge is 0.304 e. The van der Waals surface area contributed by atoms with Gasteiger partial charge in [-0.15, -0.1) is 0 Å². The van der Waals surface area contributed by atoms with Crippen molar-refractivity contribution in [2.45, 2.75) is 70.1 Å². The fourth-order valence-corrected chi connectivity index (χ4v) is 5.40. The maximum Gasteiger partial charge on any atom is 0.304 e. The molecule has 1 aromatic carbocycles. The molecule has 2 atom stereocenters. The lowest BCUT2D eigenvalue weighted by atomic mass is 9.63. The Morgan fingerprint density at radius 1 is 1.17 bits per heavy atom. The number of aliphatic carboxylic acids is 1. The third-order valence-electron chi connectivity index (χ3n) is 6.83. The maximum absolute atomic E-state index is 11.3. The molecule has 0 bridgehead atoms. The minimum atomic E-state index is -0.873. The summed E-state index contributed by atoms with van der Waals surface area (Å²) in [5.74, 6) is 0.664. The first-order valence-electron chi connectivity index (χ1n) is 11.0. The van der Waals surface area contributed by atoms with E-state index >= 15 is 0 Å². The van der Waals surface area contributed by atoms with Gasteiger partial charge in [-0.05, 0) is 61.1 Å². The molecule has 0 heterocycles. The highest BCUT2D eigenvalue weighted by Gasteiger charge is 2.37. The summed E-state index contributed by atoms with van der Waals surface area (Å²) in [7, 11) is 3.15. The van der Waals surface area contributed by atoms with E-state index in [0.29, 0.717) is 17.2 Å². The fourth-order valence-electron chi connectivity index (χ4n) is 5.40. The van der Waals surface area contributed by atoms with Gasteiger partial charge < -0.3 is 14.6 Å². The minimum absolute atomic E-state index is 0.0507. The standard InChI is InChI=1S/C24H35NO4/c1-25-23(28-2)21(15-22(26)27)19-8-10-20(11-9-19)29-17-18-7-6-14-24(16-18)12-4-3-5-13-24/h8-11,18,21H,3-7,12-17H2,1-2H3,(H,26,27). The summed E-state index contributed by atoms with van der Waals surface area (Å²) in [4.78, 5) is 15.4. The van der Waals surface area contributed by atoms with Crippen molar-refractivity contribution in [1.29, 1.82) is 0 Å². The van der Waals surface area contributed by atoms with Gasteiger partial charge in [0, 0.05) is 7.05 Å². The average Bonchev–Trinajstić information content (AvgIpc) is 2.73. The molecule has 5 heteroatoms. The molecule has 1 spiro atoms. The van der Waals surface area contributed by atoms with Crippen molar-refractivity contribution < 1.29 is 19.4 Å². The Hall–Kier alpha value is -2.04. The summed E-state index contributed by atoms with van der Waals surface area (Å²) >= 11 is 0. The first kappa shape index (κ1) is 21.7. The van der Waals surface area contributed by atoms with Crippen LogP contribution in [-0.4, -0.2) is 37.7 Å². The second-order valence-corrected chi connectivity index (χ2v) is 8.82. The molecule has 2 unspecified atom stereocenters. The molecular weight excluding hydrogens is 366 g/mol. The van der Waals surface area contributed by atoms with Gasteiger partial charge in [0.15, 0.2) is 5.90 Å². The number of carbonyl (C=O) groups is 1. The number of hydrogen-bond acceptors (Lipinski definition) is 4. The lowest BCUT2D eigenvalue weighted by Crippen LogP contribution is -2.33. The van der Waals surface area contributed by atoms with Crippen molar-refractivity contribution in [3.63, 3.8) is 0 Å². The fraction of sp³-hybridized carbons (Fsp3) is 0.667. The molecule has 29 heavy (non-hydrogen) atoms. The van der Waals surface area contributed by atoms with Crippen LogP contribution in [0.5, 0.6) is 5.75 Å². The zero-order chi connectivity index (χ0) is 20.7. The van der Waals surface area contributed by atoms with Crippen LogP contribution in [0.2, 0.25) is 0 Å². The number of aliphatic imine (C=N–C) groups is 1. The number of methoxy groups -OCH3 is 1. The molecule has 0 saturated heterocycles. The molecule has 2 saturated carbocycles. The van der Waals surface area contributed by atoms with Gasteiger partial charge in [-0.2, -0.15) is 0 Å². The van der Waals surface area contributed by atoms with Gasteiger partial charge in [0.2, 0.25) is 0 Å². The molecule has 160 valence electrons. The normalized spacial score (nSPS) is 22.8. The lowest BCUT2D eigenvalue weighted by Gasteiger charge is -2.43. The Morgan fingerprint density at radius 2 is 1.86 bits per heavy atom. The number of carboxylic acid groups (broad SMARTS) is 1. The van der Waals surface area contributed by atoms with Gasteiger partial charge in [-0.1, -0.05) is 37.8 Å². The first-order valence-corrected chi connectivity index (χ1v) is 11.0. The monoisotopic (exact) mass is 401 g/mol. The molecule has 0 aliphatic heterocycles. The van der Waals surface area contributed by atoms with Gasteiger partial charge in [-0.25, -0.2) is 0 Å². The van der Waals surface area contributed by atoms with Crippen molar-refractivity contribution >= 4 is 11.9 Å². The van der Waals surface area contributed by atoms with E-state index in [4.69, 9.17) is 9.47 Å². The Kier molecular flexibility index (Phi) is 7.57. The van der Waals surface area contributed by atoms with Crippen molar-refractivity contribution in [2.75, 3.05) is 20.8 Å². The summed E-state index contributed by atoms with van der Waals surface area (Å²) in [6.07, 6.45) is 12.3. The summed E-state index contributed by atoms with van der Waals surface area (Å²) in [6.45, 7) is 0.777. The number of ether oxygens (including phenoxy) is 2. The second kappa shape index (κ2) is 10.1. The highest BCUT2D eigenvalue weighted by Crippen LogP contribution is 2.49. The predicted octanol–water partition coefficient (Wildman–Crippen LogP) is 5.44. The van der Waals surface area contributed by atoms with E-state index in [1.165, 1.54) is 64.9 Å². The van der Waals surface area contributed by atoms with Crippen molar-refractivity contribution in [3.05, 3.63) is 29.8 Å². The van der Waals surface area contributed by atoms with Crippen LogP contribution in [0.25, 0.3) is 0 Å². The van der Waals surface area contributed by atoms with Gasteiger partial charge in [0.25, 0.3) is 0 Å². The number of rotatable bonds is 7. The summed E-state index contributed by atoms with van der Waals surface area (Å²) in [5, 5.41) is 9.24. The summed E-state index contributed by atoms with van der Waals surface area (Å²) < 4.78 is 11.4. The van der Waals surface area contributed by atoms with Crippen molar-refractivity contribution in [3.8, 4) is 5.75 Å². The Labute approximate surface area is 174 Å². The molecule has 3 rings (SSSR count). The van der Waals surface area contributed by atoms with Crippen LogP contribution in [0.1, 0.15) is 75.7 Å². The van der Waals surface area contributed by atoms with Gasteiger partial charge in [-0.3, -0.25) is 9.79 Å². The summed E-state index contributed by atoms with van der Waals surface area (Å²) in [5.41, 5.74) is 1.47. The van der Waals surface area contributed by atoms with Gasteiger partial charge in [0.05, 0.1) is 26.1 Å². The van der Waals surface area contributed by atoms with Crippen LogP contribution in [0.3, 0.4) is 0 Å². The van der Waals surface area contributed by atoms with Crippen molar-refractivity contribution in [2.24, 2.45) is 16.3 Å². The Bertz CT molecular complexity index is 686. The van der Waals surface area contributed by atoms with E-state index in [1.807, 2.05) is 24.3 Å². The van der Waals surface area contributed by atoms with Gasteiger partial charge >= 0.3 is 5.97 Å². The lowest BCUT2D eigenvalue weighted by molar-refractivity contribution is -0.137. The SMILES string of the molecule is CN=C(OC)C(CC(=O)O)c1ccc(OCC2CCCC3(CCCCC3)C2)cc1. The second-order valence-electron chi connectivity index (χ2n) is 8.82. The predicted molar refractivity (Wildman–Crippen MR) is 115 cm³/mol. The van der Waals surface area contributed by atoms with E-state index in [1.54, 1.807) is 7.05 Å². The molecule has 2 aliphatic carbocycles. The minimum Gasteiger partial charge on any atom is -0.493 e. The van der Waals surface area contributed by atoms with Crippen LogP contribution in [0, 0.1) is 11.3 Å². The van der Waals surface area contributed by atoms with E-state index in [0.717, 1.165) is 17.9 Å². The van der Waals surface area contributed by atoms with Crippen molar-refractivity contribution in [1.82, 2.24) is 0 Å². The molecule has 2 aliphatic rings. The van der Waals surface area contributed by atoms with Crippen LogP contribution < -0.4 is 4.74 Å². The first-order chi connectivity index (χ1) is 14.0. The molecule has 0 amide bonds. The molecule has 5 nitrogen and oxygen atoms in total. The largest absolute Gasteiger partial charge is 0.493 e. The van der Waals surface area contributed by atoms with Crippen LogP contribution in [-0.2, 0) is 9.53 Å². The molecule has 0 aromatic heterocycles. The Morgan fingerprint density at radius 3 is 2.48 bits per heavy atom. The highest BCUT2D eigenvalue weighted by molar-refractivity contribution is 5.87. The summed E-state index contributed by atoms with van der Waals surface area (Å²) in [6, 6.07) is 7.73. The zero-order valence-corrected chi connectivity index (χ0v) is 17.9. The van der Waals surface area contributed by atoms with Gasteiger partial charge in [0.1, 0.15) is 5.75 Å². The molecule has 1 aromatic rings. The quantitative estimate of drug-likeness (QED) is 0.488. The van der Waals surface area contributed by atoms with Crippen LogP contribution in [0.4, 0.5) is 0 Å². The third kappa shape index (κ3) is 5.74. The molecule has 1 N–H and O–H groups in total. The molecule has 2 fully saturated rings. The van der Waals surface area contributed by atoms with E-state index < -0.39 is 5.97 Å². The van der Waals surface area contributed by atoms with E-state index in [9.17, 15) is 9.90 Å².